The summed E-state index contributed by atoms with van der Waals surface area (Å²) in [4.78, 5) is 0.390. The van der Waals surface area contributed by atoms with Gasteiger partial charge in [-0.05, 0) is 42.9 Å². The van der Waals surface area contributed by atoms with Crippen LogP contribution in [0.25, 0.3) is 0 Å². The number of nitrogens with two attached hydrogens (primary N) is 1. The molecule has 0 aliphatic heterocycles. The molecule has 1 aliphatic carbocycles. The van der Waals surface area contributed by atoms with Crippen molar-refractivity contribution in [3.8, 4) is 0 Å². The zero-order valence-corrected chi connectivity index (χ0v) is 13.1. The molecule has 0 amide bonds. The minimum Gasteiger partial charge on any atom is -0.326 e. The molecule has 0 radical (unpaired) electrons. The van der Waals surface area contributed by atoms with Gasteiger partial charge in [0.1, 0.15) is 0 Å². The maximum absolute atomic E-state index is 12.7. The van der Waals surface area contributed by atoms with Crippen molar-refractivity contribution < 1.29 is 8.42 Å². The standard InChI is InChI=1S/C15H24N2O2S/c1-12-14(10-16)8-5-9-15(12)20(18,19)17(2)11-13-6-3-4-7-13/h5,8-9,13H,3-4,6-7,10-11,16H2,1-2H3. The lowest BCUT2D eigenvalue weighted by atomic mass is 10.1. The predicted octanol–water partition coefficient (Wildman–Crippen LogP) is 2.26. The highest BCUT2D eigenvalue weighted by atomic mass is 32.2. The number of benzene rings is 1. The molecule has 5 heteroatoms. The molecule has 20 heavy (non-hydrogen) atoms. The second kappa shape index (κ2) is 6.24. The summed E-state index contributed by atoms with van der Waals surface area (Å²) in [7, 11) is -1.73. The second-order valence-electron chi connectivity index (χ2n) is 5.68. The molecule has 0 unspecified atom stereocenters. The van der Waals surface area contributed by atoms with Crippen molar-refractivity contribution in [2.24, 2.45) is 11.7 Å². The Balaban J connectivity index is 2.25. The molecule has 1 fully saturated rings. The van der Waals surface area contributed by atoms with E-state index in [2.05, 4.69) is 0 Å². The normalized spacial score (nSPS) is 17.0. The van der Waals surface area contributed by atoms with Gasteiger partial charge in [0.15, 0.2) is 0 Å². The molecule has 0 atom stereocenters. The number of hydrogen-bond donors (Lipinski definition) is 1. The van der Waals surface area contributed by atoms with Gasteiger partial charge in [-0.2, -0.15) is 0 Å². The molecule has 0 saturated heterocycles. The fraction of sp³-hybridized carbons (Fsp3) is 0.600. The van der Waals surface area contributed by atoms with Gasteiger partial charge < -0.3 is 5.73 Å². The number of rotatable bonds is 5. The molecule has 1 saturated carbocycles. The van der Waals surface area contributed by atoms with E-state index in [-0.39, 0.29) is 0 Å². The van der Waals surface area contributed by atoms with Gasteiger partial charge in [0.05, 0.1) is 4.90 Å². The molecule has 4 nitrogen and oxygen atoms in total. The minimum absolute atomic E-state index is 0.363. The van der Waals surface area contributed by atoms with E-state index in [4.69, 9.17) is 5.73 Å². The molecule has 1 aromatic carbocycles. The number of sulfonamides is 1. The molecule has 2 rings (SSSR count). The highest BCUT2D eigenvalue weighted by Gasteiger charge is 2.27. The summed E-state index contributed by atoms with van der Waals surface area (Å²) in [6, 6.07) is 5.33. The fourth-order valence-corrected chi connectivity index (χ4v) is 4.49. The summed E-state index contributed by atoms with van der Waals surface area (Å²) in [5.41, 5.74) is 7.32. The number of nitrogens with zero attached hydrogens (tertiary/aromatic N) is 1. The molecule has 0 spiro atoms. The molecule has 0 heterocycles. The topological polar surface area (TPSA) is 63.4 Å². The van der Waals surface area contributed by atoms with E-state index in [0.29, 0.717) is 23.9 Å². The van der Waals surface area contributed by atoms with Crippen LogP contribution in [-0.4, -0.2) is 26.3 Å². The van der Waals surface area contributed by atoms with Gasteiger partial charge in [0.2, 0.25) is 10.0 Å². The average Bonchev–Trinajstić information content (AvgIpc) is 2.91. The van der Waals surface area contributed by atoms with Crippen molar-refractivity contribution in [2.75, 3.05) is 13.6 Å². The molecule has 0 aromatic heterocycles. The zero-order chi connectivity index (χ0) is 14.8. The number of hydrogen-bond acceptors (Lipinski definition) is 3. The van der Waals surface area contributed by atoms with Crippen LogP contribution in [0.2, 0.25) is 0 Å². The van der Waals surface area contributed by atoms with Crippen LogP contribution in [0.4, 0.5) is 0 Å². The third-order valence-electron chi connectivity index (χ3n) is 4.29. The Hall–Kier alpha value is -0.910. The quantitative estimate of drug-likeness (QED) is 0.906. The van der Waals surface area contributed by atoms with Crippen LogP contribution in [0.3, 0.4) is 0 Å². The van der Waals surface area contributed by atoms with Gasteiger partial charge in [-0.25, -0.2) is 12.7 Å². The van der Waals surface area contributed by atoms with Crippen molar-refractivity contribution >= 4 is 10.0 Å². The lowest BCUT2D eigenvalue weighted by Gasteiger charge is -2.22. The van der Waals surface area contributed by atoms with Gasteiger partial charge >= 0.3 is 0 Å². The van der Waals surface area contributed by atoms with Crippen LogP contribution >= 0.6 is 0 Å². The van der Waals surface area contributed by atoms with Crippen LogP contribution in [0.1, 0.15) is 36.8 Å². The van der Waals surface area contributed by atoms with Gasteiger partial charge in [-0.1, -0.05) is 25.0 Å². The first-order valence-electron chi connectivity index (χ1n) is 7.21. The smallest absolute Gasteiger partial charge is 0.243 e. The van der Waals surface area contributed by atoms with E-state index in [1.54, 1.807) is 19.2 Å². The first kappa shape index (κ1) is 15.5. The Kier molecular flexibility index (Phi) is 4.83. The van der Waals surface area contributed by atoms with E-state index in [1.807, 2.05) is 13.0 Å². The molecule has 1 aromatic rings. The van der Waals surface area contributed by atoms with Crippen molar-refractivity contribution in [2.45, 2.75) is 44.0 Å². The summed E-state index contributed by atoms with van der Waals surface area (Å²) in [6.45, 7) is 2.81. The van der Waals surface area contributed by atoms with E-state index < -0.39 is 10.0 Å². The van der Waals surface area contributed by atoms with Gasteiger partial charge in [0, 0.05) is 20.1 Å². The molecular weight excluding hydrogens is 272 g/mol. The van der Waals surface area contributed by atoms with Gasteiger partial charge in [0.25, 0.3) is 0 Å². The lowest BCUT2D eigenvalue weighted by Crippen LogP contribution is -2.31. The average molecular weight is 296 g/mol. The minimum atomic E-state index is -3.41. The summed E-state index contributed by atoms with van der Waals surface area (Å²) in [5.74, 6) is 0.507. The second-order valence-corrected chi connectivity index (χ2v) is 7.69. The highest BCUT2D eigenvalue weighted by molar-refractivity contribution is 7.89. The Labute approximate surface area is 122 Å². The third kappa shape index (κ3) is 3.05. The van der Waals surface area contributed by atoms with E-state index in [9.17, 15) is 8.42 Å². The van der Waals surface area contributed by atoms with Gasteiger partial charge in [-0.15, -0.1) is 0 Å². The van der Waals surface area contributed by atoms with E-state index >= 15 is 0 Å². The fourth-order valence-electron chi connectivity index (χ4n) is 2.98. The van der Waals surface area contributed by atoms with Crippen LogP contribution in [-0.2, 0) is 16.6 Å². The molecule has 0 bridgehead atoms. The molecule has 112 valence electrons. The summed E-state index contributed by atoms with van der Waals surface area (Å²) in [5, 5.41) is 0. The largest absolute Gasteiger partial charge is 0.326 e. The van der Waals surface area contributed by atoms with E-state index in [0.717, 1.165) is 24.0 Å². The van der Waals surface area contributed by atoms with Crippen molar-refractivity contribution in [1.29, 1.82) is 0 Å². The Morgan fingerprint density at radius 3 is 2.55 bits per heavy atom. The summed E-state index contributed by atoms with van der Waals surface area (Å²) in [6.07, 6.45) is 4.73. The SMILES string of the molecule is Cc1c(CN)cccc1S(=O)(=O)N(C)CC1CCCC1. The maximum atomic E-state index is 12.7. The summed E-state index contributed by atoms with van der Waals surface area (Å²) < 4.78 is 26.9. The van der Waals surface area contributed by atoms with E-state index in [1.165, 1.54) is 17.1 Å². The zero-order valence-electron chi connectivity index (χ0n) is 12.3. The lowest BCUT2D eigenvalue weighted by molar-refractivity contribution is 0.387. The Bertz CT molecular complexity index is 563. The molecule has 2 N–H and O–H groups in total. The van der Waals surface area contributed by atoms with Crippen LogP contribution in [0.15, 0.2) is 23.1 Å². The van der Waals surface area contributed by atoms with Crippen LogP contribution < -0.4 is 5.73 Å². The maximum Gasteiger partial charge on any atom is 0.243 e. The predicted molar refractivity (Wildman–Crippen MR) is 80.8 cm³/mol. The van der Waals surface area contributed by atoms with Gasteiger partial charge in [-0.3, -0.25) is 0 Å². The van der Waals surface area contributed by atoms with Crippen molar-refractivity contribution in [3.05, 3.63) is 29.3 Å². The monoisotopic (exact) mass is 296 g/mol. The molecular formula is C15H24N2O2S. The first-order valence-corrected chi connectivity index (χ1v) is 8.65. The van der Waals surface area contributed by atoms with Crippen LogP contribution in [0, 0.1) is 12.8 Å². The van der Waals surface area contributed by atoms with Crippen molar-refractivity contribution in [1.82, 2.24) is 4.31 Å². The third-order valence-corrected chi connectivity index (χ3v) is 6.26. The summed E-state index contributed by atoms with van der Waals surface area (Å²) >= 11 is 0. The van der Waals surface area contributed by atoms with Crippen molar-refractivity contribution in [3.63, 3.8) is 0 Å². The highest BCUT2D eigenvalue weighted by Crippen LogP contribution is 2.28. The van der Waals surface area contributed by atoms with Crippen LogP contribution in [0.5, 0.6) is 0 Å². The molecule has 1 aliphatic rings. The Morgan fingerprint density at radius 2 is 1.95 bits per heavy atom. The Morgan fingerprint density at radius 1 is 1.30 bits per heavy atom. The first-order chi connectivity index (χ1) is 9.46.